The van der Waals surface area contributed by atoms with Crippen LogP contribution in [-0.4, -0.2) is 5.97 Å². The molecule has 0 amide bonds. The van der Waals surface area contributed by atoms with E-state index in [0.717, 1.165) is 12.5 Å². The Hall–Kier alpha value is -1.83. The molecule has 2 heteroatoms. The molecule has 0 fully saturated rings. The van der Waals surface area contributed by atoms with Gasteiger partial charge in [0, 0.05) is 0 Å². The third-order valence-corrected chi connectivity index (χ3v) is 3.62. The predicted octanol–water partition coefficient (Wildman–Crippen LogP) is 5.44. The quantitative estimate of drug-likeness (QED) is 0.228. The fraction of sp³-hybridized carbons (Fsp3) is 0.500. The van der Waals surface area contributed by atoms with Crippen LogP contribution in [0.25, 0.3) is 0 Å². The second kappa shape index (κ2) is 19.2. The molecule has 0 saturated heterocycles. The van der Waals surface area contributed by atoms with E-state index < -0.39 is 5.97 Å². The van der Waals surface area contributed by atoms with Crippen molar-refractivity contribution >= 4 is 5.97 Å². The molecule has 0 radical (unpaired) electrons. The van der Waals surface area contributed by atoms with Gasteiger partial charge in [-0.2, -0.15) is 0 Å². The minimum absolute atomic E-state index is 0.995. The van der Waals surface area contributed by atoms with E-state index in [1.165, 1.54) is 63.9 Å². The Morgan fingerprint density at radius 3 is 1.67 bits per heavy atom. The van der Waals surface area contributed by atoms with Crippen molar-refractivity contribution in [3.8, 4) is 0 Å². The lowest BCUT2D eigenvalue weighted by molar-refractivity contribution is -0.297. The van der Waals surface area contributed by atoms with E-state index in [1.54, 1.807) is 12.2 Å². The fourth-order valence-corrected chi connectivity index (χ4v) is 2.27. The van der Waals surface area contributed by atoms with Crippen LogP contribution in [0, 0.1) is 0 Å². The van der Waals surface area contributed by atoms with Gasteiger partial charge in [0.25, 0.3) is 0 Å². The summed E-state index contributed by atoms with van der Waals surface area (Å²) in [5.74, 6) is -1.18. The molecule has 0 bridgehead atoms. The van der Waals surface area contributed by atoms with Gasteiger partial charge in [0.05, 0.1) is 5.97 Å². The second-order valence-corrected chi connectivity index (χ2v) is 5.88. The van der Waals surface area contributed by atoms with E-state index >= 15 is 0 Å². The highest BCUT2D eigenvalue weighted by molar-refractivity contribution is 5.77. The van der Waals surface area contributed by atoms with E-state index in [9.17, 15) is 9.90 Å². The first-order chi connectivity index (χ1) is 11.8. The molecule has 134 valence electrons. The lowest BCUT2D eigenvalue weighted by atomic mass is 10.1. The van der Waals surface area contributed by atoms with E-state index in [4.69, 9.17) is 0 Å². The maximum atomic E-state index is 10.1. The van der Waals surface area contributed by atoms with Gasteiger partial charge < -0.3 is 9.90 Å². The largest absolute Gasteiger partial charge is 0.545 e. The van der Waals surface area contributed by atoms with Gasteiger partial charge in [-0.25, -0.2) is 0 Å². The smallest absolute Gasteiger partial charge is 0.0642 e. The number of unbranched alkanes of at least 4 members (excludes halogenated alkanes) is 9. The lowest BCUT2D eigenvalue weighted by Gasteiger charge is -2.00. The highest BCUT2D eigenvalue weighted by atomic mass is 16.4. The van der Waals surface area contributed by atoms with Crippen molar-refractivity contribution in [2.24, 2.45) is 0 Å². The average Bonchev–Trinajstić information content (AvgIpc) is 2.56. The number of allylic oxidation sites excluding steroid dienone is 9. The van der Waals surface area contributed by atoms with Crippen molar-refractivity contribution in [2.45, 2.75) is 71.1 Å². The van der Waals surface area contributed by atoms with Gasteiger partial charge in [-0.1, -0.05) is 113 Å². The van der Waals surface area contributed by atoms with Gasteiger partial charge in [-0.3, -0.25) is 0 Å². The van der Waals surface area contributed by atoms with Gasteiger partial charge in [0.15, 0.2) is 0 Å². The zero-order chi connectivity index (χ0) is 17.7. The van der Waals surface area contributed by atoms with Crippen molar-refractivity contribution in [3.63, 3.8) is 0 Å². The molecule has 0 aromatic carbocycles. The Labute approximate surface area is 148 Å². The van der Waals surface area contributed by atoms with Crippen LogP contribution in [0.1, 0.15) is 71.1 Å². The van der Waals surface area contributed by atoms with E-state index in [0.29, 0.717) is 0 Å². The van der Waals surface area contributed by atoms with Crippen LogP contribution < -0.4 is 5.11 Å². The Kier molecular flexibility index (Phi) is 17.8. The summed E-state index contributed by atoms with van der Waals surface area (Å²) < 4.78 is 0. The molecule has 0 aliphatic rings. The predicted molar refractivity (Wildman–Crippen MR) is 103 cm³/mol. The van der Waals surface area contributed by atoms with E-state index in [1.807, 2.05) is 24.3 Å². The minimum Gasteiger partial charge on any atom is -0.545 e. The van der Waals surface area contributed by atoms with Crippen molar-refractivity contribution in [2.75, 3.05) is 0 Å². The third kappa shape index (κ3) is 20.2. The van der Waals surface area contributed by atoms with Crippen LogP contribution in [0.5, 0.6) is 0 Å². The maximum absolute atomic E-state index is 10.1. The van der Waals surface area contributed by atoms with Crippen LogP contribution in [0.15, 0.2) is 60.8 Å². The third-order valence-electron chi connectivity index (χ3n) is 3.62. The molecule has 24 heavy (non-hydrogen) atoms. The summed E-state index contributed by atoms with van der Waals surface area (Å²) in [6.45, 7) is 2.26. The maximum Gasteiger partial charge on any atom is 0.0642 e. The zero-order valence-corrected chi connectivity index (χ0v) is 15.2. The number of rotatable bonds is 15. The summed E-state index contributed by atoms with van der Waals surface area (Å²) in [4.78, 5) is 10.1. The Balaban J connectivity index is 3.44. The monoisotopic (exact) mass is 329 g/mol. The minimum atomic E-state index is -1.18. The number of aliphatic carboxylic acids is 1. The van der Waals surface area contributed by atoms with Crippen LogP contribution in [0.4, 0.5) is 0 Å². The number of carboxylic acids is 1. The molecule has 0 rings (SSSR count). The highest BCUT2D eigenvalue weighted by Crippen LogP contribution is 2.10. The van der Waals surface area contributed by atoms with E-state index in [2.05, 4.69) is 19.1 Å². The molecule has 0 saturated carbocycles. The van der Waals surface area contributed by atoms with Crippen molar-refractivity contribution in [1.29, 1.82) is 0 Å². The first-order valence-corrected chi connectivity index (χ1v) is 9.31. The number of carbonyl (C=O) groups excluding carboxylic acids is 1. The molecular weight excluding hydrogens is 296 g/mol. The molecule has 0 spiro atoms. The lowest BCUT2D eigenvalue weighted by Crippen LogP contribution is -2.18. The average molecular weight is 330 g/mol. The van der Waals surface area contributed by atoms with Gasteiger partial charge >= 0.3 is 0 Å². The molecule has 0 aliphatic carbocycles. The topological polar surface area (TPSA) is 40.1 Å². The Bertz CT molecular complexity index is 425. The molecule has 0 N–H and O–H groups in total. The fourth-order valence-electron chi connectivity index (χ4n) is 2.27. The van der Waals surface area contributed by atoms with Crippen LogP contribution in [0.2, 0.25) is 0 Å². The molecule has 0 unspecified atom stereocenters. The summed E-state index contributed by atoms with van der Waals surface area (Å²) in [5.41, 5.74) is 0. The first-order valence-electron chi connectivity index (χ1n) is 9.31. The summed E-state index contributed by atoms with van der Waals surface area (Å²) >= 11 is 0. The SMILES string of the molecule is CCCCCCCCCCC/C=C/C=C/C=C/C=C/C=C/C(=O)[O-]. The second-order valence-electron chi connectivity index (χ2n) is 5.88. The molecule has 0 aromatic heterocycles. The molecule has 2 nitrogen and oxygen atoms in total. The van der Waals surface area contributed by atoms with E-state index in [-0.39, 0.29) is 0 Å². The number of carbonyl (C=O) groups is 1. The first kappa shape index (κ1) is 22.2. The molecule has 0 atom stereocenters. The Morgan fingerprint density at radius 1 is 0.667 bits per heavy atom. The summed E-state index contributed by atoms with van der Waals surface area (Å²) in [6.07, 6.45) is 31.4. The van der Waals surface area contributed by atoms with Gasteiger partial charge in [0.2, 0.25) is 0 Å². The zero-order valence-electron chi connectivity index (χ0n) is 15.2. The molecular formula is C22H33O2-. The van der Waals surface area contributed by atoms with Crippen molar-refractivity contribution in [3.05, 3.63) is 60.8 Å². The van der Waals surface area contributed by atoms with Gasteiger partial charge in [-0.15, -0.1) is 0 Å². The number of carboxylic acid groups (broad SMARTS) is 1. The van der Waals surface area contributed by atoms with Crippen molar-refractivity contribution < 1.29 is 9.90 Å². The molecule has 0 aliphatic heterocycles. The van der Waals surface area contributed by atoms with Crippen molar-refractivity contribution in [1.82, 2.24) is 0 Å². The number of hydrogen-bond donors (Lipinski definition) is 0. The summed E-state index contributed by atoms with van der Waals surface area (Å²) in [7, 11) is 0. The van der Waals surface area contributed by atoms with Gasteiger partial charge in [0.1, 0.15) is 0 Å². The number of hydrogen-bond acceptors (Lipinski definition) is 2. The Morgan fingerprint density at radius 2 is 1.12 bits per heavy atom. The van der Waals surface area contributed by atoms with Gasteiger partial charge in [-0.05, 0) is 18.9 Å². The summed E-state index contributed by atoms with van der Waals surface area (Å²) in [6, 6.07) is 0. The normalized spacial score (nSPS) is 12.7. The standard InChI is InChI=1S/C22H34O2/c1-2-3-4-5-6-7-8-9-10-11-12-13-14-15-16-17-18-19-20-21-22(23)24/h12-21H,2-11H2,1H3,(H,23,24)/p-1/b13-12+,15-14+,17-16+,19-18+,21-20+. The molecule has 0 aromatic rings. The van der Waals surface area contributed by atoms with Crippen LogP contribution in [-0.2, 0) is 4.79 Å². The highest BCUT2D eigenvalue weighted by Gasteiger charge is 1.90. The summed E-state index contributed by atoms with van der Waals surface area (Å²) in [5, 5.41) is 10.1. The van der Waals surface area contributed by atoms with Crippen LogP contribution in [0.3, 0.4) is 0 Å². The molecule has 0 heterocycles. The van der Waals surface area contributed by atoms with Crippen LogP contribution >= 0.6 is 0 Å².